The van der Waals surface area contributed by atoms with Crippen molar-refractivity contribution in [2.45, 2.75) is 4.90 Å². The minimum absolute atomic E-state index is 0. The van der Waals surface area contributed by atoms with E-state index in [0.717, 1.165) is 12.1 Å². The summed E-state index contributed by atoms with van der Waals surface area (Å²) in [5.41, 5.74) is 1.99. The molecule has 0 bridgehead atoms. The first kappa shape index (κ1) is 28.3. The van der Waals surface area contributed by atoms with Crippen LogP contribution in [0.25, 0.3) is 15.8 Å². The van der Waals surface area contributed by atoms with Gasteiger partial charge in [0.1, 0.15) is 22.2 Å². The SMILES string of the molecule is C[N-]c1sc(-c2cnc(OC)c(NS(=O)(=O)c3ccc(F)cc3F)c2)cc1C(=N)c1ccncc1.[K+]. The van der Waals surface area contributed by atoms with Gasteiger partial charge in [-0.1, -0.05) is 5.00 Å². The van der Waals surface area contributed by atoms with Gasteiger partial charge in [-0.25, -0.2) is 22.2 Å². The Morgan fingerprint density at radius 1 is 1.14 bits per heavy atom. The third-order valence-corrected chi connectivity index (χ3v) is 7.48. The van der Waals surface area contributed by atoms with Crippen molar-refractivity contribution in [3.8, 4) is 16.3 Å². The average molecular weight is 554 g/mol. The number of sulfonamides is 1. The minimum Gasteiger partial charge on any atom is -0.678 e. The number of methoxy groups -OCH3 is 1. The van der Waals surface area contributed by atoms with Crippen molar-refractivity contribution >= 4 is 37.8 Å². The third kappa shape index (κ3) is 5.99. The Kier molecular flexibility index (Phi) is 9.32. The van der Waals surface area contributed by atoms with Crippen molar-refractivity contribution in [1.29, 1.82) is 5.41 Å². The molecule has 3 heterocycles. The number of rotatable bonds is 8. The quantitative estimate of drug-likeness (QED) is 0.257. The first-order valence-corrected chi connectivity index (χ1v) is 12.3. The summed E-state index contributed by atoms with van der Waals surface area (Å²) in [6.07, 6.45) is 4.67. The van der Waals surface area contributed by atoms with Gasteiger partial charge in [0.05, 0.1) is 12.8 Å². The Labute approximate surface area is 253 Å². The molecule has 2 N–H and O–H groups in total. The van der Waals surface area contributed by atoms with Gasteiger partial charge in [0.25, 0.3) is 10.0 Å². The van der Waals surface area contributed by atoms with Gasteiger partial charge in [0.2, 0.25) is 5.88 Å². The van der Waals surface area contributed by atoms with E-state index >= 15 is 0 Å². The summed E-state index contributed by atoms with van der Waals surface area (Å²) in [7, 11) is -1.49. The molecule has 0 saturated heterocycles. The maximum atomic E-state index is 14.1. The topological polar surface area (TPSA) is 119 Å². The van der Waals surface area contributed by atoms with E-state index in [1.807, 2.05) is 0 Å². The van der Waals surface area contributed by atoms with Crippen LogP contribution in [0.4, 0.5) is 19.5 Å². The van der Waals surface area contributed by atoms with Gasteiger partial charge in [-0.15, -0.1) is 7.05 Å². The van der Waals surface area contributed by atoms with Crippen molar-refractivity contribution in [1.82, 2.24) is 9.97 Å². The summed E-state index contributed by atoms with van der Waals surface area (Å²) in [4.78, 5) is 8.08. The molecule has 0 aliphatic carbocycles. The van der Waals surface area contributed by atoms with Gasteiger partial charge < -0.3 is 10.1 Å². The number of aromatic nitrogens is 2. The van der Waals surface area contributed by atoms with Crippen molar-refractivity contribution < 1.29 is 73.3 Å². The summed E-state index contributed by atoms with van der Waals surface area (Å²) >= 11 is 1.29. The largest absolute Gasteiger partial charge is 1.00 e. The first-order chi connectivity index (χ1) is 16.7. The predicted molar refractivity (Wildman–Crippen MR) is 130 cm³/mol. The number of nitrogens with zero attached hydrogens (tertiary/aromatic N) is 3. The molecule has 4 aromatic rings. The molecule has 0 atom stereocenters. The van der Waals surface area contributed by atoms with E-state index in [1.54, 1.807) is 37.6 Å². The number of hydrogen-bond acceptors (Lipinski definition) is 7. The van der Waals surface area contributed by atoms with E-state index in [9.17, 15) is 17.2 Å². The Bertz CT molecular complexity index is 1520. The molecule has 0 spiro atoms. The second-order valence-corrected chi connectivity index (χ2v) is 9.81. The number of hydrogen-bond donors (Lipinski definition) is 2. The molecule has 3 aromatic heterocycles. The van der Waals surface area contributed by atoms with Crippen LogP contribution >= 0.6 is 11.3 Å². The van der Waals surface area contributed by atoms with Crippen LogP contribution in [-0.2, 0) is 10.0 Å². The molecule has 1 aromatic carbocycles. The van der Waals surface area contributed by atoms with Crippen molar-refractivity contribution in [3.63, 3.8) is 0 Å². The smallest absolute Gasteiger partial charge is 0.678 e. The molecule has 0 aliphatic rings. The third-order valence-electron chi connectivity index (χ3n) is 4.91. The monoisotopic (exact) mass is 553 g/mol. The van der Waals surface area contributed by atoms with Gasteiger partial charge in [0.15, 0.2) is 0 Å². The Morgan fingerprint density at radius 2 is 1.86 bits per heavy atom. The Hall–Kier alpha value is -2.26. The number of nitrogens with one attached hydrogen (secondary N) is 2. The summed E-state index contributed by atoms with van der Waals surface area (Å²) in [6.45, 7) is 0. The molecular weight excluding hydrogens is 536 g/mol. The summed E-state index contributed by atoms with van der Waals surface area (Å²) in [6, 6.07) is 8.85. The summed E-state index contributed by atoms with van der Waals surface area (Å²) in [5.74, 6) is -2.17. The fourth-order valence-electron chi connectivity index (χ4n) is 3.26. The number of ether oxygens (including phenoxy) is 1. The predicted octanol–water partition coefficient (Wildman–Crippen LogP) is 2.35. The minimum atomic E-state index is -4.42. The van der Waals surface area contributed by atoms with Crippen molar-refractivity contribution in [3.05, 3.63) is 89.1 Å². The maximum Gasteiger partial charge on any atom is 1.00 e. The molecule has 0 radical (unpaired) electrons. The van der Waals surface area contributed by atoms with Gasteiger partial charge in [-0.2, -0.15) is 11.3 Å². The normalized spacial score (nSPS) is 10.9. The van der Waals surface area contributed by atoms with Crippen molar-refractivity contribution in [2.75, 3.05) is 18.9 Å². The molecule has 4 rings (SSSR count). The Balaban J connectivity index is 0.00000361. The number of thiophene rings is 1. The molecule has 13 heteroatoms. The van der Waals surface area contributed by atoms with E-state index in [1.165, 1.54) is 30.7 Å². The maximum absolute atomic E-state index is 14.1. The molecule has 8 nitrogen and oxygen atoms in total. The van der Waals surface area contributed by atoms with Gasteiger partial charge >= 0.3 is 51.4 Å². The average Bonchev–Trinajstić information content (AvgIpc) is 3.28. The summed E-state index contributed by atoms with van der Waals surface area (Å²) < 4.78 is 60.4. The van der Waals surface area contributed by atoms with E-state index < -0.39 is 26.6 Å². The standard InChI is InChI=1S/C23H18F2N5O3S2.K/c1-27-23-16(21(26)13-5-7-28-8-6-13)11-19(34-23)14-9-18(22(33-2)29-12-14)30-35(31,32)20-4-3-15(24)10-17(20)25;/h3-12,26,30H,1-2H3;/q-1;+1. The molecule has 180 valence electrons. The number of halogens is 2. The molecule has 0 aliphatic heterocycles. The molecule has 0 fully saturated rings. The van der Waals surface area contributed by atoms with E-state index in [-0.39, 0.29) is 68.7 Å². The van der Waals surface area contributed by atoms with Crippen LogP contribution in [-0.4, -0.2) is 38.3 Å². The van der Waals surface area contributed by atoms with Gasteiger partial charge in [0, 0.05) is 40.7 Å². The van der Waals surface area contributed by atoms with Crippen LogP contribution in [0, 0.1) is 17.0 Å². The van der Waals surface area contributed by atoms with E-state index in [0.29, 0.717) is 32.6 Å². The molecule has 0 amide bonds. The van der Waals surface area contributed by atoms with Crippen LogP contribution in [0.2, 0.25) is 0 Å². The molecule has 0 unspecified atom stereocenters. The zero-order valence-corrected chi connectivity index (χ0v) is 24.2. The van der Waals surface area contributed by atoms with Crippen molar-refractivity contribution in [2.24, 2.45) is 0 Å². The molecular formula is C23H18F2KN5O3S2. The van der Waals surface area contributed by atoms with Crippen LogP contribution in [0.3, 0.4) is 0 Å². The molecule has 36 heavy (non-hydrogen) atoms. The van der Waals surface area contributed by atoms with Gasteiger partial charge in [-0.05, 0) is 42.0 Å². The number of benzene rings is 1. The zero-order valence-electron chi connectivity index (χ0n) is 19.4. The van der Waals surface area contributed by atoms with Gasteiger partial charge in [-0.3, -0.25) is 15.1 Å². The van der Waals surface area contributed by atoms with E-state index in [2.05, 4.69) is 20.0 Å². The fraction of sp³-hybridized carbons (Fsp3) is 0.0870. The first-order valence-electron chi connectivity index (χ1n) is 9.98. The number of anilines is 1. The van der Waals surface area contributed by atoms with E-state index in [4.69, 9.17) is 10.1 Å². The summed E-state index contributed by atoms with van der Waals surface area (Å²) in [5, 5.41) is 13.4. The van der Waals surface area contributed by atoms with Crippen LogP contribution in [0.5, 0.6) is 5.88 Å². The number of pyridine rings is 2. The van der Waals surface area contributed by atoms with Crippen LogP contribution < -0.4 is 60.8 Å². The fourth-order valence-corrected chi connectivity index (χ4v) is 5.34. The zero-order chi connectivity index (χ0) is 25.2. The van der Waals surface area contributed by atoms with Crippen LogP contribution in [0.15, 0.2) is 66.0 Å². The molecule has 0 saturated carbocycles. The van der Waals surface area contributed by atoms with Crippen LogP contribution in [0.1, 0.15) is 11.1 Å². The Morgan fingerprint density at radius 3 is 2.50 bits per heavy atom. The second kappa shape index (κ2) is 11.9. The second-order valence-electron chi connectivity index (χ2n) is 7.13.